The first-order chi connectivity index (χ1) is 6.13. The number of nitrogens with two attached hydrogens (primary N) is 1. The fourth-order valence-corrected chi connectivity index (χ4v) is 1.34. The Bertz CT molecular complexity index is 254. The molecule has 0 fully saturated rings. The predicted molar refractivity (Wildman–Crippen MR) is 54.3 cm³/mol. The minimum Gasteiger partial charge on any atom is -0.330 e. The quantitative estimate of drug-likeness (QED) is 0.758. The molecule has 2 N–H and O–H groups in total. The van der Waals surface area contributed by atoms with E-state index in [-0.39, 0.29) is 0 Å². The minimum atomic E-state index is 0.571. The van der Waals surface area contributed by atoms with E-state index in [0.717, 1.165) is 18.7 Å². The van der Waals surface area contributed by atoms with Gasteiger partial charge in [0.05, 0.1) is 5.69 Å². The van der Waals surface area contributed by atoms with Gasteiger partial charge in [-0.2, -0.15) is 5.10 Å². The van der Waals surface area contributed by atoms with Crippen LogP contribution in [0.4, 0.5) is 0 Å². The van der Waals surface area contributed by atoms with Gasteiger partial charge in [-0.05, 0) is 30.9 Å². The molecule has 3 nitrogen and oxygen atoms in total. The summed E-state index contributed by atoms with van der Waals surface area (Å²) in [6.07, 6.45) is 3.01. The molecule has 3 heteroatoms. The first-order valence-electron chi connectivity index (χ1n) is 4.82. The maximum absolute atomic E-state index is 5.61. The van der Waals surface area contributed by atoms with Crippen LogP contribution in [0.1, 0.15) is 19.5 Å². The molecule has 2 atom stereocenters. The molecule has 74 valence electrons. The lowest BCUT2D eigenvalue weighted by atomic mass is 9.92. The molecule has 0 bridgehead atoms. The number of aryl methyl sites for hydroxylation is 1. The Balaban J connectivity index is 2.49. The lowest BCUT2D eigenvalue weighted by Crippen LogP contribution is -2.20. The molecular weight excluding hydrogens is 162 g/mol. The minimum absolute atomic E-state index is 0.571. The zero-order valence-electron chi connectivity index (χ0n) is 8.70. The SMILES string of the molecule is CC(CN)C(C)Cc1ccn(C)n1. The number of aromatic nitrogens is 2. The van der Waals surface area contributed by atoms with E-state index in [0.29, 0.717) is 11.8 Å². The average Bonchev–Trinajstić information content (AvgIpc) is 2.49. The highest BCUT2D eigenvalue weighted by Crippen LogP contribution is 2.14. The number of hydrogen-bond acceptors (Lipinski definition) is 2. The molecule has 1 aromatic rings. The van der Waals surface area contributed by atoms with Crippen LogP contribution < -0.4 is 5.73 Å². The maximum atomic E-state index is 5.61. The van der Waals surface area contributed by atoms with Crippen molar-refractivity contribution in [3.63, 3.8) is 0 Å². The topological polar surface area (TPSA) is 43.8 Å². The molecule has 0 aliphatic rings. The van der Waals surface area contributed by atoms with Crippen molar-refractivity contribution >= 4 is 0 Å². The Morgan fingerprint density at radius 3 is 2.62 bits per heavy atom. The van der Waals surface area contributed by atoms with Crippen LogP contribution in [0.15, 0.2) is 12.3 Å². The fraction of sp³-hybridized carbons (Fsp3) is 0.700. The van der Waals surface area contributed by atoms with Gasteiger partial charge in [-0.15, -0.1) is 0 Å². The first-order valence-corrected chi connectivity index (χ1v) is 4.82. The molecule has 0 spiro atoms. The summed E-state index contributed by atoms with van der Waals surface area (Å²) < 4.78 is 1.84. The van der Waals surface area contributed by atoms with E-state index in [1.54, 1.807) is 0 Å². The molecule has 0 aromatic carbocycles. The van der Waals surface area contributed by atoms with Gasteiger partial charge < -0.3 is 5.73 Å². The van der Waals surface area contributed by atoms with Crippen LogP contribution in [-0.2, 0) is 13.5 Å². The molecule has 0 aliphatic heterocycles. The monoisotopic (exact) mass is 181 g/mol. The van der Waals surface area contributed by atoms with Crippen molar-refractivity contribution in [1.82, 2.24) is 9.78 Å². The van der Waals surface area contributed by atoms with Gasteiger partial charge in [0.15, 0.2) is 0 Å². The molecule has 2 unspecified atom stereocenters. The van der Waals surface area contributed by atoms with E-state index in [2.05, 4.69) is 25.0 Å². The van der Waals surface area contributed by atoms with Crippen molar-refractivity contribution in [3.05, 3.63) is 18.0 Å². The molecule has 1 rings (SSSR count). The number of nitrogens with zero attached hydrogens (tertiary/aromatic N) is 2. The van der Waals surface area contributed by atoms with Crippen molar-refractivity contribution in [2.24, 2.45) is 24.6 Å². The van der Waals surface area contributed by atoms with Crippen LogP contribution in [0.2, 0.25) is 0 Å². The van der Waals surface area contributed by atoms with E-state index >= 15 is 0 Å². The van der Waals surface area contributed by atoms with Crippen LogP contribution in [0, 0.1) is 11.8 Å². The van der Waals surface area contributed by atoms with Gasteiger partial charge >= 0.3 is 0 Å². The van der Waals surface area contributed by atoms with Crippen molar-refractivity contribution in [2.45, 2.75) is 20.3 Å². The third-order valence-electron chi connectivity index (χ3n) is 2.64. The Morgan fingerprint density at radius 1 is 1.46 bits per heavy atom. The zero-order valence-corrected chi connectivity index (χ0v) is 8.70. The highest BCUT2D eigenvalue weighted by atomic mass is 15.2. The van der Waals surface area contributed by atoms with Crippen molar-refractivity contribution in [2.75, 3.05) is 6.54 Å². The standard InChI is InChI=1S/C10H19N3/c1-8(9(2)7-11)6-10-4-5-13(3)12-10/h4-5,8-9H,6-7,11H2,1-3H3. The summed E-state index contributed by atoms with van der Waals surface area (Å²) in [6.45, 7) is 5.17. The molecule has 1 heterocycles. The largest absolute Gasteiger partial charge is 0.330 e. The molecule has 0 saturated heterocycles. The summed E-state index contributed by atoms with van der Waals surface area (Å²) in [5, 5.41) is 4.34. The second kappa shape index (κ2) is 4.42. The molecule has 13 heavy (non-hydrogen) atoms. The highest BCUT2D eigenvalue weighted by molar-refractivity contribution is 4.99. The van der Waals surface area contributed by atoms with E-state index in [4.69, 9.17) is 5.73 Å². The summed E-state index contributed by atoms with van der Waals surface area (Å²) in [5.41, 5.74) is 6.77. The molecule has 0 amide bonds. The zero-order chi connectivity index (χ0) is 9.84. The van der Waals surface area contributed by atoms with Crippen molar-refractivity contribution in [3.8, 4) is 0 Å². The first kappa shape index (κ1) is 10.3. The van der Waals surface area contributed by atoms with E-state index in [9.17, 15) is 0 Å². The molecule has 0 aliphatic carbocycles. The average molecular weight is 181 g/mol. The predicted octanol–water partition coefficient (Wildman–Crippen LogP) is 1.19. The highest BCUT2D eigenvalue weighted by Gasteiger charge is 2.12. The van der Waals surface area contributed by atoms with E-state index in [1.165, 1.54) is 0 Å². The van der Waals surface area contributed by atoms with Gasteiger partial charge in [-0.1, -0.05) is 13.8 Å². The molecular formula is C10H19N3. The van der Waals surface area contributed by atoms with Crippen LogP contribution in [0.5, 0.6) is 0 Å². The lowest BCUT2D eigenvalue weighted by Gasteiger charge is -2.16. The van der Waals surface area contributed by atoms with Gasteiger partial charge in [0.25, 0.3) is 0 Å². The number of rotatable bonds is 4. The third kappa shape index (κ3) is 2.84. The third-order valence-corrected chi connectivity index (χ3v) is 2.64. The molecule has 0 radical (unpaired) electrons. The fourth-order valence-electron chi connectivity index (χ4n) is 1.34. The second-order valence-corrected chi connectivity index (χ2v) is 3.88. The van der Waals surface area contributed by atoms with Gasteiger partial charge in [0, 0.05) is 13.2 Å². The maximum Gasteiger partial charge on any atom is 0.0627 e. The van der Waals surface area contributed by atoms with Gasteiger partial charge in [-0.3, -0.25) is 4.68 Å². The molecule has 0 saturated carbocycles. The summed E-state index contributed by atoms with van der Waals surface area (Å²) in [6, 6.07) is 2.07. The van der Waals surface area contributed by atoms with Crippen molar-refractivity contribution in [1.29, 1.82) is 0 Å². The second-order valence-electron chi connectivity index (χ2n) is 3.88. The Hall–Kier alpha value is -0.830. The van der Waals surface area contributed by atoms with Gasteiger partial charge in [-0.25, -0.2) is 0 Å². The van der Waals surface area contributed by atoms with E-state index < -0.39 is 0 Å². The Kier molecular flexibility index (Phi) is 3.48. The van der Waals surface area contributed by atoms with Crippen LogP contribution >= 0.6 is 0 Å². The van der Waals surface area contributed by atoms with Crippen LogP contribution in [-0.4, -0.2) is 16.3 Å². The molecule has 1 aromatic heterocycles. The van der Waals surface area contributed by atoms with Crippen molar-refractivity contribution < 1.29 is 0 Å². The lowest BCUT2D eigenvalue weighted by molar-refractivity contribution is 0.390. The Morgan fingerprint density at radius 2 is 2.15 bits per heavy atom. The number of hydrogen-bond donors (Lipinski definition) is 1. The van der Waals surface area contributed by atoms with Gasteiger partial charge in [0.1, 0.15) is 0 Å². The van der Waals surface area contributed by atoms with Gasteiger partial charge in [0.2, 0.25) is 0 Å². The summed E-state index contributed by atoms with van der Waals surface area (Å²) in [4.78, 5) is 0. The summed E-state index contributed by atoms with van der Waals surface area (Å²) in [7, 11) is 1.94. The normalized spacial score (nSPS) is 15.7. The summed E-state index contributed by atoms with van der Waals surface area (Å²) >= 11 is 0. The van der Waals surface area contributed by atoms with Crippen LogP contribution in [0.3, 0.4) is 0 Å². The van der Waals surface area contributed by atoms with E-state index in [1.807, 2.05) is 17.9 Å². The van der Waals surface area contributed by atoms with Crippen LogP contribution in [0.25, 0.3) is 0 Å². The smallest absolute Gasteiger partial charge is 0.0627 e. The Labute approximate surface area is 79.9 Å². The summed E-state index contributed by atoms with van der Waals surface area (Å²) in [5.74, 6) is 1.18.